The van der Waals surface area contributed by atoms with Crippen LogP contribution in [0.1, 0.15) is 31.9 Å². The standard InChI is InChI=1S/C19H23NO2S/c1-4-18(15-10-12-16(22-3)13-11-15)20-19(21)14(2)23-17-8-6-5-7-9-17/h5-14,18H,4H2,1-3H3,(H,20,21)/t14-,18-/m0/s1. The van der Waals surface area contributed by atoms with Crippen molar-refractivity contribution in [2.75, 3.05) is 7.11 Å². The van der Waals surface area contributed by atoms with Crippen LogP contribution in [0.4, 0.5) is 0 Å². The number of rotatable bonds is 7. The first-order valence-electron chi connectivity index (χ1n) is 7.80. The minimum atomic E-state index is -0.135. The predicted octanol–water partition coefficient (Wildman–Crippen LogP) is 4.44. The molecule has 0 fully saturated rings. The van der Waals surface area contributed by atoms with E-state index in [0.717, 1.165) is 22.6 Å². The number of amides is 1. The van der Waals surface area contributed by atoms with Crippen LogP contribution in [0.3, 0.4) is 0 Å². The topological polar surface area (TPSA) is 38.3 Å². The molecule has 2 aromatic carbocycles. The fourth-order valence-electron chi connectivity index (χ4n) is 2.30. The Kier molecular flexibility index (Phi) is 6.53. The average molecular weight is 329 g/mol. The summed E-state index contributed by atoms with van der Waals surface area (Å²) in [6.07, 6.45) is 0.848. The number of carbonyl (C=O) groups excluding carboxylic acids is 1. The second-order valence-corrected chi connectivity index (χ2v) is 6.73. The molecule has 2 atom stereocenters. The second-order valence-electron chi connectivity index (χ2n) is 5.32. The lowest BCUT2D eigenvalue weighted by molar-refractivity contribution is -0.121. The van der Waals surface area contributed by atoms with Crippen molar-refractivity contribution in [3.05, 3.63) is 60.2 Å². The van der Waals surface area contributed by atoms with Gasteiger partial charge < -0.3 is 10.1 Å². The highest BCUT2D eigenvalue weighted by Gasteiger charge is 2.18. The Hall–Kier alpha value is -1.94. The predicted molar refractivity (Wildman–Crippen MR) is 95.9 cm³/mol. The van der Waals surface area contributed by atoms with E-state index in [0.29, 0.717) is 0 Å². The Morgan fingerprint density at radius 1 is 1.13 bits per heavy atom. The van der Waals surface area contributed by atoms with Crippen LogP contribution in [0.5, 0.6) is 5.75 Å². The SMILES string of the molecule is CC[C@H](NC(=O)[C@H](C)Sc1ccccc1)c1ccc(OC)cc1. The van der Waals surface area contributed by atoms with Crippen molar-refractivity contribution in [2.24, 2.45) is 0 Å². The van der Waals surface area contributed by atoms with E-state index in [2.05, 4.69) is 12.2 Å². The smallest absolute Gasteiger partial charge is 0.233 e. The first kappa shape index (κ1) is 17.4. The molecule has 4 heteroatoms. The van der Waals surface area contributed by atoms with Crippen LogP contribution in [0, 0.1) is 0 Å². The molecule has 3 nitrogen and oxygen atoms in total. The zero-order chi connectivity index (χ0) is 16.7. The molecule has 1 amide bonds. The van der Waals surface area contributed by atoms with Gasteiger partial charge in [0, 0.05) is 4.90 Å². The molecule has 0 radical (unpaired) electrons. The molecule has 0 saturated carbocycles. The van der Waals surface area contributed by atoms with Crippen LogP contribution in [0.25, 0.3) is 0 Å². The molecule has 0 saturated heterocycles. The molecule has 0 aliphatic carbocycles. The number of benzene rings is 2. The Bertz CT molecular complexity index is 613. The third-order valence-electron chi connectivity index (χ3n) is 3.67. The van der Waals surface area contributed by atoms with Gasteiger partial charge in [-0.25, -0.2) is 0 Å². The third-order valence-corrected chi connectivity index (χ3v) is 4.78. The minimum absolute atomic E-state index is 0.0206. The Labute approximate surface area is 142 Å². The number of hydrogen-bond donors (Lipinski definition) is 1. The molecule has 0 aliphatic heterocycles. The summed E-state index contributed by atoms with van der Waals surface area (Å²) in [4.78, 5) is 13.6. The van der Waals surface area contributed by atoms with Gasteiger partial charge in [-0.2, -0.15) is 0 Å². The van der Waals surface area contributed by atoms with Gasteiger partial charge in [-0.05, 0) is 43.2 Å². The van der Waals surface area contributed by atoms with Gasteiger partial charge in [-0.1, -0.05) is 37.3 Å². The molecule has 122 valence electrons. The maximum atomic E-state index is 12.5. The van der Waals surface area contributed by atoms with E-state index in [-0.39, 0.29) is 17.2 Å². The zero-order valence-electron chi connectivity index (χ0n) is 13.8. The number of carbonyl (C=O) groups is 1. The van der Waals surface area contributed by atoms with Crippen molar-refractivity contribution in [3.8, 4) is 5.75 Å². The van der Waals surface area contributed by atoms with Crippen molar-refractivity contribution < 1.29 is 9.53 Å². The molecule has 1 N–H and O–H groups in total. The highest BCUT2D eigenvalue weighted by molar-refractivity contribution is 8.00. The van der Waals surface area contributed by atoms with Crippen molar-refractivity contribution in [1.29, 1.82) is 0 Å². The molecule has 0 heterocycles. The van der Waals surface area contributed by atoms with Crippen molar-refractivity contribution >= 4 is 17.7 Å². The molecular formula is C19H23NO2S. The Morgan fingerprint density at radius 2 is 1.78 bits per heavy atom. The molecule has 2 rings (SSSR count). The zero-order valence-corrected chi connectivity index (χ0v) is 14.6. The van der Waals surface area contributed by atoms with E-state index < -0.39 is 0 Å². The number of thioether (sulfide) groups is 1. The summed E-state index contributed by atoms with van der Waals surface area (Å²) in [5.74, 6) is 0.879. The van der Waals surface area contributed by atoms with Crippen LogP contribution in [-0.2, 0) is 4.79 Å². The van der Waals surface area contributed by atoms with Gasteiger partial charge in [-0.15, -0.1) is 11.8 Å². The monoisotopic (exact) mass is 329 g/mol. The summed E-state index contributed by atoms with van der Waals surface area (Å²) in [6.45, 7) is 4.01. The Balaban J connectivity index is 1.98. The molecule has 0 aliphatic rings. The van der Waals surface area contributed by atoms with Crippen LogP contribution in [0.15, 0.2) is 59.5 Å². The summed E-state index contributed by atoms with van der Waals surface area (Å²) in [7, 11) is 1.65. The molecule has 23 heavy (non-hydrogen) atoms. The highest BCUT2D eigenvalue weighted by atomic mass is 32.2. The van der Waals surface area contributed by atoms with E-state index in [1.807, 2.05) is 61.5 Å². The quantitative estimate of drug-likeness (QED) is 0.763. The van der Waals surface area contributed by atoms with Crippen LogP contribution in [0.2, 0.25) is 0 Å². The van der Waals surface area contributed by atoms with Crippen LogP contribution in [-0.4, -0.2) is 18.3 Å². The maximum Gasteiger partial charge on any atom is 0.233 e. The van der Waals surface area contributed by atoms with Gasteiger partial charge in [0.15, 0.2) is 0 Å². The lowest BCUT2D eigenvalue weighted by atomic mass is 10.0. The Morgan fingerprint density at radius 3 is 2.35 bits per heavy atom. The van der Waals surface area contributed by atoms with Crippen LogP contribution >= 0.6 is 11.8 Å². The highest BCUT2D eigenvalue weighted by Crippen LogP contribution is 2.25. The molecule has 0 bridgehead atoms. The number of ether oxygens (including phenoxy) is 1. The first-order valence-corrected chi connectivity index (χ1v) is 8.68. The van der Waals surface area contributed by atoms with E-state index in [1.54, 1.807) is 18.9 Å². The molecular weight excluding hydrogens is 306 g/mol. The molecule has 0 spiro atoms. The fourth-order valence-corrected chi connectivity index (χ4v) is 3.20. The van der Waals surface area contributed by atoms with Gasteiger partial charge in [0.2, 0.25) is 5.91 Å². The minimum Gasteiger partial charge on any atom is -0.497 e. The fraction of sp³-hybridized carbons (Fsp3) is 0.316. The van der Waals surface area contributed by atoms with Crippen LogP contribution < -0.4 is 10.1 Å². The maximum absolute atomic E-state index is 12.5. The van der Waals surface area contributed by atoms with Crippen molar-refractivity contribution in [3.63, 3.8) is 0 Å². The van der Waals surface area contributed by atoms with E-state index in [9.17, 15) is 4.79 Å². The van der Waals surface area contributed by atoms with Crippen molar-refractivity contribution in [2.45, 2.75) is 36.5 Å². The normalized spacial score (nSPS) is 13.2. The third kappa shape index (κ3) is 5.03. The van der Waals surface area contributed by atoms with Crippen molar-refractivity contribution in [1.82, 2.24) is 5.32 Å². The summed E-state index contributed by atoms with van der Waals surface area (Å²) in [5.41, 5.74) is 1.10. The van der Waals surface area contributed by atoms with E-state index in [1.165, 1.54) is 0 Å². The summed E-state index contributed by atoms with van der Waals surface area (Å²) >= 11 is 1.57. The number of methoxy groups -OCH3 is 1. The lowest BCUT2D eigenvalue weighted by Gasteiger charge is -2.20. The van der Waals surface area contributed by atoms with Gasteiger partial charge in [-0.3, -0.25) is 4.79 Å². The summed E-state index contributed by atoms with van der Waals surface area (Å²) in [5, 5.41) is 3.01. The summed E-state index contributed by atoms with van der Waals surface area (Å²) in [6, 6.07) is 17.9. The van der Waals surface area contributed by atoms with Gasteiger partial charge in [0.1, 0.15) is 5.75 Å². The number of hydrogen-bond acceptors (Lipinski definition) is 3. The molecule has 0 aromatic heterocycles. The molecule has 2 aromatic rings. The lowest BCUT2D eigenvalue weighted by Crippen LogP contribution is -2.34. The van der Waals surface area contributed by atoms with Gasteiger partial charge in [0.25, 0.3) is 0 Å². The first-order chi connectivity index (χ1) is 11.1. The van der Waals surface area contributed by atoms with Gasteiger partial charge >= 0.3 is 0 Å². The summed E-state index contributed by atoms with van der Waals surface area (Å²) < 4.78 is 5.18. The van der Waals surface area contributed by atoms with Gasteiger partial charge in [0.05, 0.1) is 18.4 Å². The largest absolute Gasteiger partial charge is 0.497 e. The van der Waals surface area contributed by atoms with E-state index in [4.69, 9.17) is 4.74 Å². The average Bonchev–Trinajstić information content (AvgIpc) is 2.60. The molecule has 0 unspecified atom stereocenters. The number of nitrogens with one attached hydrogen (secondary N) is 1. The van der Waals surface area contributed by atoms with E-state index >= 15 is 0 Å². The second kappa shape index (κ2) is 8.63.